The third-order valence-electron chi connectivity index (χ3n) is 4.13. The molecule has 1 saturated heterocycles. The zero-order chi connectivity index (χ0) is 16.2. The number of carbonyl (C=O) groups excluding carboxylic acids is 1. The van der Waals surface area contributed by atoms with E-state index < -0.39 is 0 Å². The van der Waals surface area contributed by atoms with Crippen molar-refractivity contribution in [2.45, 2.75) is 39.2 Å². The molecule has 0 aliphatic carbocycles. The van der Waals surface area contributed by atoms with E-state index in [1.54, 1.807) is 0 Å². The molecule has 23 heavy (non-hydrogen) atoms. The summed E-state index contributed by atoms with van der Waals surface area (Å²) in [4.78, 5) is 11.9. The molecular weight excluding hydrogens is 290 g/mol. The lowest BCUT2D eigenvalue weighted by molar-refractivity contribution is -0.129. The van der Waals surface area contributed by atoms with Gasteiger partial charge in [-0.2, -0.15) is 5.10 Å². The summed E-state index contributed by atoms with van der Waals surface area (Å²) in [6.45, 7) is 5.38. The summed E-state index contributed by atoms with van der Waals surface area (Å²) in [7, 11) is 0. The van der Waals surface area contributed by atoms with E-state index in [1.165, 1.54) is 5.56 Å². The molecule has 5 heteroatoms. The molecular formula is C18H23N3O2. The van der Waals surface area contributed by atoms with Crippen LogP contribution < -0.4 is 5.32 Å². The Hall–Kier alpha value is -2.14. The number of hydrogen-bond donors (Lipinski definition) is 1. The van der Waals surface area contributed by atoms with Crippen LogP contribution in [0.3, 0.4) is 0 Å². The molecule has 1 amide bonds. The minimum absolute atomic E-state index is 0.0155. The normalized spacial score (nSPS) is 17.4. The summed E-state index contributed by atoms with van der Waals surface area (Å²) in [5, 5.41) is 7.44. The lowest BCUT2D eigenvalue weighted by Crippen LogP contribution is -2.35. The number of ether oxygens (including phenoxy) is 1. The van der Waals surface area contributed by atoms with Gasteiger partial charge in [-0.05, 0) is 56.9 Å². The van der Waals surface area contributed by atoms with E-state index in [9.17, 15) is 4.79 Å². The first-order valence-corrected chi connectivity index (χ1v) is 8.15. The smallest absolute Gasteiger partial charge is 0.249 e. The van der Waals surface area contributed by atoms with Gasteiger partial charge in [0.1, 0.15) is 6.10 Å². The maximum absolute atomic E-state index is 11.9. The molecule has 1 N–H and O–H groups in total. The van der Waals surface area contributed by atoms with Gasteiger partial charge in [0.2, 0.25) is 5.91 Å². The lowest BCUT2D eigenvalue weighted by Gasteiger charge is -2.10. The zero-order valence-electron chi connectivity index (χ0n) is 13.7. The summed E-state index contributed by atoms with van der Waals surface area (Å²) >= 11 is 0. The molecule has 1 aliphatic heterocycles. The van der Waals surface area contributed by atoms with Crippen LogP contribution in [-0.4, -0.2) is 34.9 Å². The number of nitrogens with zero attached hydrogens (tertiary/aromatic N) is 2. The fourth-order valence-corrected chi connectivity index (χ4v) is 2.92. The number of benzene rings is 1. The summed E-state index contributed by atoms with van der Waals surface area (Å²) in [5.74, 6) is 0.0155. The molecule has 2 aromatic rings. The molecule has 0 spiro atoms. The monoisotopic (exact) mass is 313 g/mol. The summed E-state index contributed by atoms with van der Waals surface area (Å²) < 4.78 is 7.32. The van der Waals surface area contributed by atoms with Crippen LogP contribution in [0.4, 0.5) is 0 Å². The Bertz CT molecular complexity index is 670. The van der Waals surface area contributed by atoms with Gasteiger partial charge in [0.25, 0.3) is 0 Å². The number of aryl methyl sites for hydroxylation is 2. The second-order valence-corrected chi connectivity index (χ2v) is 6.05. The highest BCUT2D eigenvalue weighted by atomic mass is 16.5. The third-order valence-corrected chi connectivity index (χ3v) is 4.13. The zero-order valence-corrected chi connectivity index (χ0v) is 13.7. The Labute approximate surface area is 136 Å². The van der Waals surface area contributed by atoms with E-state index in [2.05, 4.69) is 47.7 Å². The number of aromatic nitrogens is 2. The predicted octanol–water partition coefficient (Wildman–Crippen LogP) is 2.33. The SMILES string of the molecule is Cc1cc(C)n(-c2ccc(CCNC(=O)C3CCCO3)cc2)n1. The number of carbonyl (C=O) groups is 1. The summed E-state index contributed by atoms with van der Waals surface area (Å²) in [6.07, 6.45) is 2.38. The van der Waals surface area contributed by atoms with Crippen molar-refractivity contribution in [3.63, 3.8) is 0 Å². The van der Waals surface area contributed by atoms with E-state index in [1.807, 2.05) is 11.6 Å². The lowest BCUT2D eigenvalue weighted by atomic mass is 10.1. The second-order valence-electron chi connectivity index (χ2n) is 6.05. The maximum atomic E-state index is 11.9. The van der Waals surface area contributed by atoms with E-state index in [4.69, 9.17) is 4.74 Å². The van der Waals surface area contributed by atoms with Crippen LogP contribution in [0.5, 0.6) is 0 Å². The quantitative estimate of drug-likeness (QED) is 0.922. The van der Waals surface area contributed by atoms with Gasteiger partial charge < -0.3 is 10.1 Å². The van der Waals surface area contributed by atoms with Crippen molar-refractivity contribution in [1.82, 2.24) is 15.1 Å². The Morgan fingerprint density at radius 1 is 1.35 bits per heavy atom. The molecule has 3 rings (SSSR count). The molecule has 2 heterocycles. The van der Waals surface area contributed by atoms with Gasteiger partial charge in [0.15, 0.2) is 0 Å². The van der Waals surface area contributed by atoms with Gasteiger partial charge in [0.05, 0.1) is 11.4 Å². The van der Waals surface area contributed by atoms with E-state index in [0.717, 1.165) is 36.3 Å². The van der Waals surface area contributed by atoms with Crippen LogP contribution >= 0.6 is 0 Å². The molecule has 1 aromatic heterocycles. The molecule has 0 saturated carbocycles. The summed E-state index contributed by atoms with van der Waals surface area (Å²) in [5.41, 5.74) is 4.40. The van der Waals surface area contributed by atoms with Crippen molar-refractivity contribution in [3.8, 4) is 5.69 Å². The second kappa shape index (κ2) is 6.96. The first-order chi connectivity index (χ1) is 11.1. The third kappa shape index (κ3) is 3.79. The molecule has 5 nitrogen and oxygen atoms in total. The predicted molar refractivity (Wildman–Crippen MR) is 88.7 cm³/mol. The fraction of sp³-hybridized carbons (Fsp3) is 0.444. The first kappa shape index (κ1) is 15.7. The molecule has 1 fully saturated rings. The van der Waals surface area contributed by atoms with E-state index in [0.29, 0.717) is 13.2 Å². The number of nitrogens with one attached hydrogen (secondary N) is 1. The van der Waals surface area contributed by atoms with Crippen LogP contribution in [0, 0.1) is 13.8 Å². The average Bonchev–Trinajstić information content (AvgIpc) is 3.18. The van der Waals surface area contributed by atoms with Gasteiger partial charge in [-0.15, -0.1) is 0 Å². The Balaban J connectivity index is 1.53. The largest absolute Gasteiger partial charge is 0.368 e. The molecule has 1 unspecified atom stereocenters. The first-order valence-electron chi connectivity index (χ1n) is 8.15. The van der Waals surface area contributed by atoms with Gasteiger partial charge >= 0.3 is 0 Å². The Kier molecular flexibility index (Phi) is 4.76. The standard InChI is InChI=1S/C18H23N3O2/c1-13-12-14(2)21(20-13)16-7-5-15(6-8-16)9-10-19-18(22)17-4-3-11-23-17/h5-8,12,17H,3-4,9-11H2,1-2H3,(H,19,22). The van der Waals surface area contributed by atoms with Crippen molar-refractivity contribution in [2.75, 3.05) is 13.2 Å². The van der Waals surface area contributed by atoms with Gasteiger partial charge in [0, 0.05) is 18.8 Å². The average molecular weight is 313 g/mol. The van der Waals surface area contributed by atoms with Crippen molar-refractivity contribution >= 4 is 5.91 Å². The number of rotatable bonds is 5. The van der Waals surface area contributed by atoms with Crippen LogP contribution in [0.2, 0.25) is 0 Å². The van der Waals surface area contributed by atoms with Crippen LogP contribution in [0.1, 0.15) is 29.8 Å². The Morgan fingerprint density at radius 3 is 2.74 bits per heavy atom. The van der Waals surface area contributed by atoms with Gasteiger partial charge in [-0.25, -0.2) is 4.68 Å². The molecule has 1 aromatic carbocycles. The van der Waals surface area contributed by atoms with Crippen LogP contribution in [0.15, 0.2) is 30.3 Å². The fourth-order valence-electron chi connectivity index (χ4n) is 2.92. The maximum Gasteiger partial charge on any atom is 0.249 e. The van der Waals surface area contributed by atoms with E-state index >= 15 is 0 Å². The highest BCUT2D eigenvalue weighted by molar-refractivity contribution is 5.80. The number of amides is 1. The van der Waals surface area contributed by atoms with Crippen molar-refractivity contribution in [3.05, 3.63) is 47.3 Å². The Morgan fingerprint density at radius 2 is 2.13 bits per heavy atom. The van der Waals surface area contributed by atoms with E-state index in [-0.39, 0.29) is 12.0 Å². The van der Waals surface area contributed by atoms with Crippen LogP contribution in [-0.2, 0) is 16.0 Å². The van der Waals surface area contributed by atoms with Crippen molar-refractivity contribution < 1.29 is 9.53 Å². The molecule has 0 radical (unpaired) electrons. The van der Waals surface area contributed by atoms with Gasteiger partial charge in [-0.1, -0.05) is 12.1 Å². The highest BCUT2D eigenvalue weighted by Crippen LogP contribution is 2.14. The van der Waals surface area contributed by atoms with Crippen LogP contribution in [0.25, 0.3) is 5.69 Å². The number of hydrogen-bond acceptors (Lipinski definition) is 3. The minimum Gasteiger partial charge on any atom is -0.368 e. The topological polar surface area (TPSA) is 56.2 Å². The molecule has 122 valence electrons. The molecule has 1 atom stereocenters. The summed E-state index contributed by atoms with van der Waals surface area (Å²) in [6, 6.07) is 10.4. The minimum atomic E-state index is -0.247. The van der Waals surface area contributed by atoms with Crippen molar-refractivity contribution in [1.29, 1.82) is 0 Å². The molecule has 1 aliphatic rings. The van der Waals surface area contributed by atoms with Gasteiger partial charge in [-0.3, -0.25) is 4.79 Å². The van der Waals surface area contributed by atoms with Crippen molar-refractivity contribution in [2.24, 2.45) is 0 Å². The highest BCUT2D eigenvalue weighted by Gasteiger charge is 2.22. The molecule has 0 bridgehead atoms.